The number of aromatic nitrogens is 2. The molecule has 2 aromatic carbocycles. The molecule has 1 aliphatic rings. The van der Waals surface area contributed by atoms with Crippen LogP contribution in [0.25, 0.3) is 10.9 Å². The van der Waals surface area contributed by atoms with Crippen LogP contribution in [0.4, 0.5) is 0 Å². The van der Waals surface area contributed by atoms with Gasteiger partial charge in [-0.15, -0.1) is 0 Å². The predicted molar refractivity (Wildman–Crippen MR) is 111 cm³/mol. The van der Waals surface area contributed by atoms with Gasteiger partial charge in [-0.2, -0.15) is 0 Å². The first-order valence-corrected chi connectivity index (χ1v) is 9.99. The van der Waals surface area contributed by atoms with Crippen LogP contribution in [0.15, 0.2) is 64.2 Å². The molecule has 0 atom stereocenters. The fraction of sp³-hybridized carbons (Fsp3) is 0.318. The maximum absolute atomic E-state index is 12.6. The van der Waals surface area contributed by atoms with Crippen LogP contribution in [0.1, 0.15) is 12.0 Å². The zero-order valence-electron chi connectivity index (χ0n) is 16.3. The molecular formula is C22H25N4O3+. The number of aromatic amines is 1. The first-order chi connectivity index (χ1) is 14.1. The molecule has 2 N–H and O–H groups in total. The fourth-order valence-corrected chi connectivity index (χ4v) is 3.90. The van der Waals surface area contributed by atoms with Crippen molar-refractivity contribution in [1.29, 1.82) is 0 Å². The van der Waals surface area contributed by atoms with E-state index in [-0.39, 0.29) is 24.4 Å². The van der Waals surface area contributed by atoms with E-state index >= 15 is 0 Å². The molecule has 0 aliphatic carbocycles. The van der Waals surface area contributed by atoms with Gasteiger partial charge >= 0.3 is 5.69 Å². The van der Waals surface area contributed by atoms with Crippen LogP contribution in [-0.4, -0.2) is 46.5 Å². The van der Waals surface area contributed by atoms with Crippen LogP contribution >= 0.6 is 0 Å². The first kappa shape index (κ1) is 19.1. The summed E-state index contributed by atoms with van der Waals surface area (Å²) >= 11 is 0. The summed E-state index contributed by atoms with van der Waals surface area (Å²) in [7, 11) is 0. The molecule has 2 heterocycles. The number of para-hydroxylation sites is 1. The number of hydrogen-bond acceptors (Lipinski definition) is 3. The molecule has 3 aromatic rings. The summed E-state index contributed by atoms with van der Waals surface area (Å²) in [6.07, 6.45) is 0.148. The summed E-state index contributed by atoms with van der Waals surface area (Å²) in [4.78, 5) is 43.4. The summed E-state index contributed by atoms with van der Waals surface area (Å²) in [5.41, 5.74) is 0.993. The Kier molecular flexibility index (Phi) is 5.57. The van der Waals surface area contributed by atoms with E-state index in [9.17, 15) is 14.4 Å². The van der Waals surface area contributed by atoms with Gasteiger partial charge < -0.3 is 14.8 Å². The molecule has 0 bridgehead atoms. The lowest BCUT2D eigenvalue weighted by Crippen LogP contribution is -3.13. The van der Waals surface area contributed by atoms with E-state index in [0.717, 1.165) is 24.2 Å². The van der Waals surface area contributed by atoms with Crippen molar-refractivity contribution < 1.29 is 9.69 Å². The summed E-state index contributed by atoms with van der Waals surface area (Å²) in [5.74, 6) is -0.0109. The third-order valence-corrected chi connectivity index (χ3v) is 5.56. The number of fused-ring (bicyclic) bond motifs is 1. The van der Waals surface area contributed by atoms with E-state index in [1.807, 2.05) is 23.1 Å². The Balaban J connectivity index is 1.35. The van der Waals surface area contributed by atoms with Gasteiger partial charge in [0.2, 0.25) is 5.91 Å². The standard InChI is InChI=1S/C22H24N4O3/c27-20(25-14-12-24(13-15-25)16-17-6-2-1-3-7-17)10-11-26-21(28)18-8-4-5-9-19(18)23-22(26)29/h1-9H,10-16H2,(H,23,29)/p+1. The van der Waals surface area contributed by atoms with Crippen molar-refractivity contribution in [3.63, 3.8) is 0 Å². The summed E-state index contributed by atoms with van der Waals surface area (Å²) in [6.45, 7) is 4.25. The second-order valence-electron chi connectivity index (χ2n) is 7.48. The van der Waals surface area contributed by atoms with E-state index in [0.29, 0.717) is 24.0 Å². The Morgan fingerprint density at radius 1 is 0.966 bits per heavy atom. The average molecular weight is 393 g/mol. The normalized spacial score (nSPS) is 15.0. The molecule has 150 valence electrons. The number of piperazine rings is 1. The van der Waals surface area contributed by atoms with E-state index < -0.39 is 5.69 Å². The Hall–Kier alpha value is -3.19. The monoisotopic (exact) mass is 393 g/mol. The number of carbonyl (C=O) groups is 1. The largest absolute Gasteiger partial charge is 0.331 e. The number of benzene rings is 2. The molecule has 1 aliphatic heterocycles. The highest BCUT2D eigenvalue weighted by Crippen LogP contribution is 2.04. The zero-order valence-corrected chi connectivity index (χ0v) is 16.3. The minimum Gasteiger partial charge on any atom is -0.331 e. The van der Waals surface area contributed by atoms with Gasteiger partial charge in [-0.25, -0.2) is 4.79 Å². The molecular weight excluding hydrogens is 368 g/mol. The van der Waals surface area contributed by atoms with Gasteiger partial charge in [0.05, 0.1) is 37.1 Å². The molecule has 7 nitrogen and oxygen atoms in total. The Bertz CT molecular complexity index is 1110. The fourth-order valence-electron chi connectivity index (χ4n) is 3.90. The SMILES string of the molecule is O=C(CCn1c(=O)[nH]c2ccccc2c1=O)N1CC[NH+](Cc2ccccc2)CC1. The Morgan fingerprint density at radius 3 is 2.41 bits per heavy atom. The van der Waals surface area contributed by atoms with Gasteiger partial charge in [-0.1, -0.05) is 42.5 Å². The lowest BCUT2D eigenvalue weighted by molar-refractivity contribution is -0.917. The van der Waals surface area contributed by atoms with Crippen molar-refractivity contribution in [2.75, 3.05) is 26.2 Å². The van der Waals surface area contributed by atoms with Crippen molar-refractivity contribution in [3.8, 4) is 0 Å². The Labute approximate surface area is 168 Å². The molecule has 0 spiro atoms. The smallest absolute Gasteiger partial charge is 0.328 e. The van der Waals surface area contributed by atoms with E-state index in [2.05, 4.69) is 17.1 Å². The predicted octanol–water partition coefficient (Wildman–Crippen LogP) is 0.00720. The maximum Gasteiger partial charge on any atom is 0.328 e. The van der Waals surface area contributed by atoms with Gasteiger partial charge in [0.25, 0.3) is 5.56 Å². The van der Waals surface area contributed by atoms with Crippen molar-refractivity contribution in [2.45, 2.75) is 19.5 Å². The number of hydrogen-bond donors (Lipinski definition) is 2. The zero-order chi connectivity index (χ0) is 20.2. The minimum atomic E-state index is -0.473. The van der Waals surface area contributed by atoms with Crippen LogP contribution in [0.2, 0.25) is 0 Å². The molecule has 7 heteroatoms. The number of nitrogens with zero attached hydrogens (tertiary/aromatic N) is 2. The van der Waals surface area contributed by atoms with Crippen molar-refractivity contribution >= 4 is 16.8 Å². The lowest BCUT2D eigenvalue weighted by Gasteiger charge is -2.32. The highest BCUT2D eigenvalue weighted by atomic mass is 16.2. The van der Waals surface area contributed by atoms with Crippen molar-refractivity contribution in [2.24, 2.45) is 0 Å². The molecule has 0 unspecified atom stereocenters. The van der Waals surface area contributed by atoms with Gasteiger partial charge in [-0.05, 0) is 12.1 Å². The molecule has 0 saturated carbocycles. The highest BCUT2D eigenvalue weighted by Gasteiger charge is 2.23. The maximum atomic E-state index is 12.6. The van der Waals surface area contributed by atoms with E-state index in [1.165, 1.54) is 10.5 Å². The van der Waals surface area contributed by atoms with Gasteiger partial charge in [0.1, 0.15) is 6.54 Å². The average Bonchev–Trinajstić information content (AvgIpc) is 2.75. The van der Waals surface area contributed by atoms with Crippen LogP contribution in [-0.2, 0) is 17.9 Å². The van der Waals surface area contributed by atoms with Crippen LogP contribution < -0.4 is 16.1 Å². The number of quaternary nitrogens is 1. The van der Waals surface area contributed by atoms with Gasteiger partial charge in [-0.3, -0.25) is 14.2 Å². The van der Waals surface area contributed by atoms with E-state index in [1.54, 1.807) is 24.3 Å². The number of carbonyl (C=O) groups excluding carboxylic acids is 1. The van der Waals surface area contributed by atoms with E-state index in [4.69, 9.17) is 0 Å². The number of H-pyrrole nitrogens is 1. The summed E-state index contributed by atoms with van der Waals surface area (Å²) in [5, 5.41) is 0.456. The van der Waals surface area contributed by atoms with Crippen molar-refractivity contribution in [1.82, 2.24) is 14.5 Å². The molecule has 1 saturated heterocycles. The second kappa shape index (κ2) is 8.45. The van der Waals surface area contributed by atoms with Gasteiger partial charge in [0.15, 0.2) is 0 Å². The first-order valence-electron chi connectivity index (χ1n) is 9.99. The topological polar surface area (TPSA) is 79.6 Å². The third-order valence-electron chi connectivity index (χ3n) is 5.56. The quantitative estimate of drug-likeness (QED) is 0.641. The highest BCUT2D eigenvalue weighted by molar-refractivity contribution is 5.77. The Morgan fingerprint density at radius 2 is 1.66 bits per heavy atom. The molecule has 1 aromatic heterocycles. The van der Waals surface area contributed by atoms with Crippen LogP contribution in [0.3, 0.4) is 0 Å². The lowest BCUT2D eigenvalue weighted by atomic mass is 10.2. The molecule has 1 fully saturated rings. The molecule has 29 heavy (non-hydrogen) atoms. The molecule has 1 amide bonds. The van der Waals surface area contributed by atoms with Gasteiger partial charge in [0, 0.05) is 18.5 Å². The van der Waals surface area contributed by atoms with Crippen LogP contribution in [0, 0.1) is 0 Å². The summed E-state index contributed by atoms with van der Waals surface area (Å²) < 4.78 is 1.12. The third kappa shape index (κ3) is 4.30. The summed E-state index contributed by atoms with van der Waals surface area (Å²) in [6, 6.07) is 17.3. The second-order valence-corrected chi connectivity index (χ2v) is 7.48. The van der Waals surface area contributed by atoms with Crippen LogP contribution in [0.5, 0.6) is 0 Å². The number of rotatable bonds is 5. The molecule has 0 radical (unpaired) electrons. The number of amides is 1. The minimum absolute atomic E-state index is 0.0109. The molecule has 4 rings (SSSR count). The number of nitrogens with one attached hydrogen (secondary N) is 2. The van der Waals surface area contributed by atoms with Crippen molar-refractivity contribution in [3.05, 3.63) is 81.0 Å².